The molecule has 86 valence electrons. The molecule has 2 heterocycles. The fraction of sp³-hybridized carbons (Fsp3) is 0.455. The van der Waals surface area contributed by atoms with Crippen molar-refractivity contribution >= 4 is 11.3 Å². The predicted octanol–water partition coefficient (Wildman–Crippen LogP) is 2.26. The van der Waals surface area contributed by atoms with Crippen LogP contribution in [-0.4, -0.2) is 23.7 Å². The molecule has 0 aliphatic carbocycles. The van der Waals surface area contributed by atoms with E-state index >= 15 is 0 Å². The summed E-state index contributed by atoms with van der Waals surface area (Å²) in [6.45, 7) is 3.04. The van der Waals surface area contributed by atoms with Gasteiger partial charge in [-0.3, -0.25) is 0 Å². The number of nitrogens with one attached hydrogen (secondary N) is 1. The first-order valence-corrected chi connectivity index (χ1v) is 6.15. The van der Waals surface area contributed by atoms with E-state index in [2.05, 4.69) is 28.4 Å². The average molecular weight is 237 g/mol. The zero-order chi connectivity index (χ0) is 11.4. The Morgan fingerprint density at radius 3 is 3.00 bits per heavy atom. The van der Waals surface area contributed by atoms with Crippen LogP contribution in [0.25, 0.3) is 10.8 Å². The second kappa shape index (κ2) is 5.23. The lowest BCUT2D eigenvalue weighted by Gasteiger charge is -1.93. The first kappa shape index (κ1) is 11.3. The highest BCUT2D eigenvalue weighted by Gasteiger charge is 2.09. The summed E-state index contributed by atoms with van der Waals surface area (Å²) in [6.07, 6.45) is 1.88. The maximum Gasteiger partial charge on any atom is 0.267 e. The Labute approximate surface area is 98.7 Å². The fourth-order valence-electron chi connectivity index (χ4n) is 1.43. The topological polar surface area (TPSA) is 51.0 Å². The van der Waals surface area contributed by atoms with E-state index in [4.69, 9.17) is 4.52 Å². The third kappa shape index (κ3) is 2.68. The number of nitrogens with zero attached hydrogens (tertiary/aromatic N) is 2. The molecule has 0 unspecified atom stereocenters. The molecular formula is C11H15N3OS. The van der Waals surface area contributed by atoms with Crippen molar-refractivity contribution in [2.45, 2.75) is 19.8 Å². The third-order valence-electron chi connectivity index (χ3n) is 2.25. The number of hydrogen-bond acceptors (Lipinski definition) is 5. The summed E-state index contributed by atoms with van der Waals surface area (Å²) in [5.41, 5.74) is 0. The van der Waals surface area contributed by atoms with Gasteiger partial charge in [-0.1, -0.05) is 5.16 Å². The molecule has 0 saturated carbocycles. The van der Waals surface area contributed by atoms with Gasteiger partial charge in [0.1, 0.15) is 0 Å². The Kier molecular flexibility index (Phi) is 3.69. The van der Waals surface area contributed by atoms with Crippen LogP contribution in [0, 0.1) is 6.92 Å². The lowest BCUT2D eigenvalue weighted by Crippen LogP contribution is -2.08. The Hall–Kier alpha value is -1.20. The van der Waals surface area contributed by atoms with Gasteiger partial charge in [-0.2, -0.15) is 4.98 Å². The van der Waals surface area contributed by atoms with Gasteiger partial charge >= 0.3 is 0 Å². The van der Waals surface area contributed by atoms with Gasteiger partial charge in [0.25, 0.3) is 5.89 Å². The average Bonchev–Trinajstić information content (AvgIpc) is 2.87. The molecule has 2 rings (SSSR count). The van der Waals surface area contributed by atoms with Crippen LogP contribution in [-0.2, 0) is 6.42 Å². The van der Waals surface area contributed by atoms with Gasteiger partial charge in [0.15, 0.2) is 5.82 Å². The number of aryl methyl sites for hydroxylation is 2. The maximum atomic E-state index is 5.22. The summed E-state index contributed by atoms with van der Waals surface area (Å²) in [5.74, 6) is 1.42. The van der Waals surface area contributed by atoms with E-state index in [9.17, 15) is 0 Å². The molecule has 0 bridgehead atoms. The molecule has 0 aliphatic heterocycles. The molecule has 0 fully saturated rings. The summed E-state index contributed by atoms with van der Waals surface area (Å²) < 4.78 is 5.22. The van der Waals surface area contributed by atoms with Crippen molar-refractivity contribution in [2.75, 3.05) is 13.6 Å². The van der Waals surface area contributed by atoms with Crippen LogP contribution in [0.4, 0.5) is 0 Å². The molecule has 2 aromatic rings. The molecule has 0 amide bonds. The molecule has 0 atom stereocenters. The summed E-state index contributed by atoms with van der Waals surface area (Å²) in [4.78, 5) is 6.67. The molecule has 0 saturated heterocycles. The molecule has 1 N–H and O–H groups in total. The number of hydrogen-bond donors (Lipinski definition) is 1. The van der Waals surface area contributed by atoms with E-state index < -0.39 is 0 Å². The summed E-state index contributed by atoms with van der Waals surface area (Å²) in [5, 5.41) is 7.06. The first-order valence-electron chi connectivity index (χ1n) is 5.33. The van der Waals surface area contributed by atoms with Crippen molar-refractivity contribution in [2.24, 2.45) is 0 Å². The number of thiophene rings is 1. The van der Waals surface area contributed by atoms with Crippen molar-refractivity contribution in [3.05, 3.63) is 22.8 Å². The lowest BCUT2D eigenvalue weighted by atomic mass is 10.3. The van der Waals surface area contributed by atoms with E-state index in [1.54, 1.807) is 11.3 Å². The third-order valence-corrected chi connectivity index (χ3v) is 3.24. The van der Waals surface area contributed by atoms with Gasteiger partial charge in [0.05, 0.1) is 4.88 Å². The standard InChI is InChI=1S/C11H15N3OS/c1-8-5-6-9(16-8)11-13-10(14-15-11)4-3-7-12-2/h5-6,12H,3-4,7H2,1-2H3. The van der Waals surface area contributed by atoms with E-state index in [1.165, 1.54) is 4.88 Å². The van der Waals surface area contributed by atoms with Crippen LogP contribution in [0.1, 0.15) is 17.1 Å². The smallest absolute Gasteiger partial charge is 0.267 e. The first-order chi connectivity index (χ1) is 7.79. The molecule has 0 aliphatic rings. The minimum Gasteiger partial charge on any atom is -0.333 e. The lowest BCUT2D eigenvalue weighted by molar-refractivity contribution is 0.422. The van der Waals surface area contributed by atoms with Gasteiger partial charge in [0.2, 0.25) is 0 Å². The van der Waals surface area contributed by atoms with Crippen molar-refractivity contribution in [1.29, 1.82) is 0 Å². The minimum absolute atomic E-state index is 0.637. The second-order valence-corrected chi connectivity index (χ2v) is 4.92. The molecule has 0 spiro atoms. The Balaban J connectivity index is 2.02. The van der Waals surface area contributed by atoms with Crippen LogP contribution >= 0.6 is 11.3 Å². The molecule has 16 heavy (non-hydrogen) atoms. The van der Waals surface area contributed by atoms with Gasteiger partial charge in [-0.15, -0.1) is 11.3 Å². The number of aromatic nitrogens is 2. The van der Waals surface area contributed by atoms with Crippen molar-refractivity contribution in [3.8, 4) is 10.8 Å². The van der Waals surface area contributed by atoms with E-state index in [0.29, 0.717) is 5.89 Å². The molecule has 0 radical (unpaired) electrons. The van der Waals surface area contributed by atoms with E-state index in [0.717, 1.165) is 30.1 Å². The Morgan fingerprint density at radius 2 is 2.31 bits per heavy atom. The highest BCUT2D eigenvalue weighted by Crippen LogP contribution is 2.25. The molecule has 0 aromatic carbocycles. The largest absolute Gasteiger partial charge is 0.333 e. The molecule has 4 nitrogen and oxygen atoms in total. The van der Waals surface area contributed by atoms with Gasteiger partial charge in [0, 0.05) is 11.3 Å². The molecule has 2 aromatic heterocycles. The maximum absolute atomic E-state index is 5.22. The zero-order valence-corrected chi connectivity index (χ0v) is 10.3. The highest BCUT2D eigenvalue weighted by atomic mass is 32.1. The van der Waals surface area contributed by atoms with E-state index in [1.807, 2.05) is 13.1 Å². The summed E-state index contributed by atoms with van der Waals surface area (Å²) in [6, 6.07) is 4.08. The summed E-state index contributed by atoms with van der Waals surface area (Å²) >= 11 is 1.67. The van der Waals surface area contributed by atoms with Gasteiger partial charge in [-0.25, -0.2) is 0 Å². The fourth-order valence-corrected chi connectivity index (χ4v) is 2.22. The quantitative estimate of drug-likeness (QED) is 0.810. The van der Waals surface area contributed by atoms with Gasteiger partial charge < -0.3 is 9.84 Å². The molecule has 5 heteroatoms. The van der Waals surface area contributed by atoms with E-state index in [-0.39, 0.29) is 0 Å². The highest BCUT2D eigenvalue weighted by molar-refractivity contribution is 7.15. The minimum atomic E-state index is 0.637. The monoisotopic (exact) mass is 237 g/mol. The normalized spacial score (nSPS) is 10.9. The Morgan fingerprint density at radius 1 is 1.44 bits per heavy atom. The Bertz CT molecular complexity index is 450. The van der Waals surface area contributed by atoms with Crippen LogP contribution in [0.3, 0.4) is 0 Å². The van der Waals surface area contributed by atoms with Gasteiger partial charge in [-0.05, 0) is 39.1 Å². The summed E-state index contributed by atoms with van der Waals surface area (Å²) in [7, 11) is 1.94. The second-order valence-electron chi connectivity index (χ2n) is 3.63. The number of rotatable bonds is 5. The van der Waals surface area contributed by atoms with Crippen LogP contribution in [0.5, 0.6) is 0 Å². The SMILES string of the molecule is CNCCCc1noc(-c2ccc(C)s2)n1. The van der Waals surface area contributed by atoms with Crippen LogP contribution in [0.2, 0.25) is 0 Å². The van der Waals surface area contributed by atoms with Crippen molar-refractivity contribution < 1.29 is 4.52 Å². The van der Waals surface area contributed by atoms with Crippen molar-refractivity contribution in [1.82, 2.24) is 15.5 Å². The van der Waals surface area contributed by atoms with Crippen molar-refractivity contribution in [3.63, 3.8) is 0 Å². The van der Waals surface area contributed by atoms with Crippen LogP contribution < -0.4 is 5.32 Å². The van der Waals surface area contributed by atoms with Crippen LogP contribution in [0.15, 0.2) is 16.7 Å². The predicted molar refractivity (Wildman–Crippen MR) is 64.6 cm³/mol. The zero-order valence-electron chi connectivity index (χ0n) is 9.49. The molecular weight excluding hydrogens is 222 g/mol.